The average Bonchev–Trinajstić information content (AvgIpc) is 3.17. The minimum atomic E-state index is -3.23. The maximum Gasteiger partial charge on any atom is 0.175 e. The van der Waals surface area contributed by atoms with Gasteiger partial charge in [0.05, 0.1) is 22.8 Å². The topological polar surface area (TPSA) is 70.8 Å². The Morgan fingerprint density at radius 3 is 2.58 bits per heavy atom. The Bertz CT molecular complexity index is 779. The molecule has 0 radical (unpaired) electrons. The van der Waals surface area contributed by atoms with Gasteiger partial charge in [0.25, 0.3) is 0 Å². The normalized spacial score (nSPS) is 21.7. The van der Waals surface area contributed by atoms with Crippen molar-refractivity contribution < 1.29 is 17.9 Å². The van der Waals surface area contributed by atoms with Crippen LogP contribution in [0.5, 0.6) is 0 Å². The zero-order valence-electron chi connectivity index (χ0n) is 14.0. The van der Waals surface area contributed by atoms with Crippen molar-refractivity contribution in [3.63, 3.8) is 0 Å². The fraction of sp³-hybridized carbons (Fsp3) is 0.444. The molecular weight excluding hydrogens is 326 g/mol. The van der Waals surface area contributed by atoms with Crippen molar-refractivity contribution in [2.75, 3.05) is 19.3 Å². The van der Waals surface area contributed by atoms with Gasteiger partial charge < -0.3 is 9.52 Å². The molecule has 1 saturated heterocycles. The van der Waals surface area contributed by atoms with E-state index < -0.39 is 15.4 Å². The van der Waals surface area contributed by atoms with Crippen molar-refractivity contribution in [1.29, 1.82) is 0 Å². The molecule has 1 fully saturated rings. The molecule has 1 aliphatic rings. The lowest BCUT2D eigenvalue weighted by molar-refractivity contribution is 0.00933. The molecule has 0 saturated carbocycles. The van der Waals surface area contributed by atoms with Gasteiger partial charge in [-0.25, -0.2) is 8.42 Å². The first-order valence-corrected chi connectivity index (χ1v) is 9.97. The number of sulfone groups is 1. The number of hydrogen-bond donors (Lipinski definition) is 1. The first-order valence-electron chi connectivity index (χ1n) is 8.08. The minimum absolute atomic E-state index is 0.182. The Hall–Kier alpha value is -1.63. The third kappa shape index (κ3) is 3.55. The summed E-state index contributed by atoms with van der Waals surface area (Å²) < 4.78 is 28.7. The van der Waals surface area contributed by atoms with Crippen LogP contribution in [0.4, 0.5) is 0 Å². The summed E-state index contributed by atoms with van der Waals surface area (Å²) in [5, 5.41) is 10.9. The molecule has 2 unspecified atom stereocenters. The van der Waals surface area contributed by atoms with Crippen molar-refractivity contribution in [3.05, 3.63) is 54.0 Å². The zero-order valence-corrected chi connectivity index (χ0v) is 14.8. The molecule has 130 valence electrons. The highest BCUT2D eigenvalue weighted by Crippen LogP contribution is 2.35. The highest BCUT2D eigenvalue weighted by Gasteiger charge is 2.34. The number of rotatable bonds is 5. The molecule has 1 N–H and O–H groups in total. The quantitative estimate of drug-likeness (QED) is 0.899. The van der Waals surface area contributed by atoms with E-state index in [1.54, 1.807) is 37.5 Å². The Balaban J connectivity index is 1.78. The molecular formula is C18H23NO4S. The van der Waals surface area contributed by atoms with Crippen LogP contribution in [-0.2, 0) is 15.4 Å². The van der Waals surface area contributed by atoms with Gasteiger partial charge in [-0.1, -0.05) is 12.1 Å². The van der Waals surface area contributed by atoms with Gasteiger partial charge in [0.15, 0.2) is 9.84 Å². The molecule has 2 heterocycles. The van der Waals surface area contributed by atoms with Crippen LogP contribution < -0.4 is 0 Å². The highest BCUT2D eigenvalue weighted by molar-refractivity contribution is 7.90. The van der Waals surface area contributed by atoms with E-state index >= 15 is 0 Å². The van der Waals surface area contributed by atoms with E-state index in [0.717, 1.165) is 25.1 Å². The lowest BCUT2D eigenvalue weighted by atomic mass is 9.95. The van der Waals surface area contributed by atoms with Gasteiger partial charge in [-0.05, 0) is 56.1 Å². The fourth-order valence-electron chi connectivity index (χ4n) is 3.37. The molecule has 0 aliphatic carbocycles. The predicted octanol–water partition coefficient (Wildman–Crippen LogP) is 2.73. The molecule has 5 nitrogen and oxygen atoms in total. The summed E-state index contributed by atoms with van der Waals surface area (Å²) in [5.41, 5.74) is -0.356. The molecule has 2 atom stereocenters. The van der Waals surface area contributed by atoms with Crippen molar-refractivity contribution >= 4 is 9.84 Å². The smallest absolute Gasteiger partial charge is 0.175 e. The summed E-state index contributed by atoms with van der Waals surface area (Å²) in [6, 6.07) is 10.5. The second-order valence-electron chi connectivity index (χ2n) is 6.71. The summed E-state index contributed by atoms with van der Waals surface area (Å²) in [5.74, 6) is 0.927. The Morgan fingerprint density at radius 2 is 2.00 bits per heavy atom. The monoisotopic (exact) mass is 349 g/mol. The summed E-state index contributed by atoms with van der Waals surface area (Å²) >= 11 is 0. The summed E-state index contributed by atoms with van der Waals surface area (Å²) in [6.45, 7) is 3.14. The first kappa shape index (κ1) is 17.2. The van der Waals surface area contributed by atoms with Gasteiger partial charge in [-0.2, -0.15) is 0 Å². The van der Waals surface area contributed by atoms with E-state index in [2.05, 4.69) is 4.90 Å². The molecule has 0 bridgehead atoms. The van der Waals surface area contributed by atoms with Gasteiger partial charge in [-0.3, -0.25) is 4.90 Å². The summed E-state index contributed by atoms with van der Waals surface area (Å²) in [4.78, 5) is 2.49. The average molecular weight is 349 g/mol. The van der Waals surface area contributed by atoms with Crippen LogP contribution in [-0.4, -0.2) is 37.8 Å². The van der Waals surface area contributed by atoms with Crippen LogP contribution in [0.1, 0.15) is 37.1 Å². The van der Waals surface area contributed by atoms with Crippen LogP contribution in [0.15, 0.2) is 52.0 Å². The van der Waals surface area contributed by atoms with Crippen molar-refractivity contribution in [2.24, 2.45) is 0 Å². The molecule has 3 rings (SSSR count). The van der Waals surface area contributed by atoms with Crippen molar-refractivity contribution in [2.45, 2.75) is 36.3 Å². The highest BCUT2D eigenvalue weighted by atomic mass is 32.2. The second-order valence-corrected chi connectivity index (χ2v) is 8.73. The number of likely N-dealkylation sites (tertiary alicyclic amines) is 1. The van der Waals surface area contributed by atoms with Crippen molar-refractivity contribution in [1.82, 2.24) is 4.90 Å². The number of hydrogen-bond acceptors (Lipinski definition) is 5. The lowest BCUT2D eigenvalue weighted by Crippen LogP contribution is -2.38. The van der Waals surface area contributed by atoms with E-state index in [9.17, 15) is 13.5 Å². The second kappa shape index (κ2) is 6.35. The maximum atomic E-state index is 11.6. The summed E-state index contributed by atoms with van der Waals surface area (Å²) in [6.07, 6.45) is 4.93. The van der Waals surface area contributed by atoms with Gasteiger partial charge >= 0.3 is 0 Å². The molecule has 0 spiro atoms. The Labute approximate surface area is 142 Å². The van der Waals surface area contributed by atoms with Gasteiger partial charge in [0.1, 0.15) is 5.76 Å². The Morgan fingerprint density at radius 1 is 1.29 bits per heavy atom. The lowest BCUT2D eigenvalue weighted by Gasteiger charge is -2.32. The van der Waals surface area contributed by atoms with Crippen LogP contribution in [0.2, 0.25) is 0 Å². The number of nitrogens with zero attached hydrogens (tertiary/aromatic N) is 1. The van der Waals surface area contributed by atoms with Gasteiger partial charge in [0.2, 0.25) is 0 Å². The van der Waals surface area contributed by atoms with E-state index in [-0.39, 0.29) is 10.9 Å². The standard InChI is InChI=1S/C18H23NO4S/c1-18(20,14-7-9-15(10-8-14)24(2,21)22)13-19-11-3-5-16(19)17-6-4-12-23-17/h4,6-10,12,16,20H,3,5,11,13H2,1-2H3. The number of β-amino-alcohol motifs (C(OH)–C–C–N with tert-alkyl or cyclic N) is 1. The Kier molecular flexibility index (Phi) is 4.55. The SMILES string of the molecule is CC(O)(CN1CCCC1c1ccco1)c1ccc(S(C)(=O)=O)cc1. The van der Waals surface area contributed by atoms with E-state index in [0.29, 0.717) is 12.1 Å². The molecule has 24 heavy (non-hydrogen) atoms. The van der Waals surface area contributed by atoms with Crippen LogP contribution in [0.25, 0.3) is 0 Å². The maximum absolute atomic E-state index is 11.6. The van der Waals surface area contributed by atoms with E-state index in [1.807, 2.05) is 12.1 Å². The summed E-state index contributed by atoms with van der Waals surface area (Å²) in [7, 11) is -3.23. The van der Waals surface area contributed by atoms with Gasteiger partial charge in [0, 0.05) is 12.8 Å². The zero-order chi connectivity index (χ0) is 17.4. The molecule has 1 aromatic heterocycles. The molecule has 6 heteroatoms. The number of furan rings is 1. The van der Waals surface area contributed by atoms with Gasteiger partial charge in [-0.15, -0.1) is 0 Å². The molecule has 0 amide bonds. The third-order valence-corrected chi connectivity index (χ3v) is 5.78. The number of benzene rings is 1. The van der Waals surface area contributed by atoms with Crippen LogP contribution in [0, 0.1) is 0 Å². The molecule has 1 aliphatic heterocycles. The molecule has 1 aromatic carbocycles. The molecule has 2 aromatic rings. The van der Waals surface area contributed by atoms with Crippen LogP contribution in [0.3, 0.4) is 0 Å². The first-order chi connectivity index (χ1) is 11.3. The largest absolute Gasteiger partial charge is 0.468 e. The third-order valence-electron chi connectivity index (χ3n) is 4.65. The van der Waals surface area contributed by atoms with Crippen LogP contribution >= 0.6 is 0 Å². The number of aliphatic hydroxyl groups is 1. The van der Waals surface area contributed by atoms with Crippen molar-refractivity contribution in [3.8, 4) is 0 Å². The van der Waals surface area contributed by atoms with E-state index in [4.69, 9.17) is 4.42 Å². The van der Waals surface area contributed by atoms with E-state index in [1.165, 1.54) is 6.26 Å². The fourth-order valence-corrected chi connectivity index (χ4v) is 4.00. The minimum Gasteiger partial charge on any atom is -0.468 e. The predicted molar refractivity (Wildman–Crippen MR) is 91.4 cm³/mol.